The molecule has 14 heteroatoms. The molecule has 3 aromatic heterocycles. The molecule has 0 spiro atoms. The predicted octanol–water partition coefficient (Wildman–Crippen LogP) is 0.901. The number of fused-ring (bicyclic) bond motifs is 3. The standard InChI is InChI=1S/C23H24N8O6/c1-30-8-15-20(29-23(30)34)28-18-13(3-2-4-14(18)36-15)35-6-5-24-21-19-22(26-10-25-21)31(11-27-19)17-7-12(33)16(9-32)37-17/h2-4,8,10-12,16-17,32-33H,5-7,9H2,1H3,(H,24,25,26)(H,28,29,34). The Balaban J connectivity index is 1.12. The highest BCUT2D eigenvalue weighted by atomic mass is 16.5. The maximum Gasteiger partial charge on any atom is 0.349 e. The van der Waals surface area contributed by atoms with Crippen molar-refractivity contribution in [1.29, 1.82) is 0 Å². The van der Waals surface area contributed by atoms with Crippen LogP contribution in [0.2, 0.25) is 0 Å². The number of anilines is 3. The summed E-state index contributed by atoms with van der Waals surface area (Å²) in [7, 11) is 1.61. The van der Waals surface area contributed by atoms with Crippen molar-refractivity contribution in [3.63, 3.8) is 0 Å². The number of hydrogen-bond donors (Lipinski definition) is 4. The van der Waals surface area contributed by atoms with E-state index in [-0.39, 0.29) is 13.2 Å². The summed E-state index contributed by atoms with van der Waals surface area (Å²) >= 11 is 0. The van der Waals surface area contributed by atoms with Crippen molar-refractivity contribution in [3.05, 3.63) is 47.5 Å². The monoisotopic (exact) mass is 508 g/mol. The Morgan fingerprint density at radius 1 is 1.27 bits per heavy atom. The second kappa shape index (κ2) is 9.31. The highest BCUT2D eigenvalue weighted by Gasteiger charge is 2.35. The molecule has 3 unspecified atom stereocenters. The van der Waals surface area contributed by atoms with Crippen LogP contribution >= 0.6 is 0 Å². The zero-order chi connectivity index (χ0) is 25.5. The van der Waals surface area contributed by atoms with Crippen LogP contribution in [0.3, 0.4) is 0 Å². The third-order valence-corrected chi connectivity index (χ3v) is 6.21. The van der Waals surface area contributed by atoms with E-state index in [1.807, 2.05) is 6.07 Å². The number of aryl methyl sites for hydroxylation is 1. The number of aliphatic hydroxyl groups is 2. The summed E-state index contributed by atoms with van der Waals surface area (Å²) in [6.45, 7) is 0.432. The fraction of sp³-hybridized carbons (Fsp3) is 0.348. The molecule has 14 nitrogen and oxygen atoms in total. The average Bonchev–Trinajstić information content (AvgIpc) is 3.49. The zero-order valence-electron chi connectivity index (χ0n) is 19.7. The smallest absolute Gasteiger partial charge is 0.349 e. The van der Waals surface area contributed by atoms with E-state index in [4.69, 9.17) is 14.2 Å². The summed E-state index contributed by atoms with van der Waals surface area (Å²) in [4.78, 5) is 29.0. The Labute approximate surface area is 209 Å². The van der Waals surface area contributed by atoms with E-state index in [1.165, 1.54) is 10.9 Å². The topological polar surface area (TPSA) is 171 Å². The number of benzene rings is 1. The first kappa shape index (κ1) is 23.1. The van der Waals surface area contributed by atoms with Crippen LogP contribution in [-0.2, 0) is 11.8 Å². The zero-order valence-corrected chi connectivity index (χ0v) is 19.7. The van der Waals surface area contributed by atoms with Gasteiger partial charge in [-0.25, -0.2) is 19.7 Å². The van der Waals surface area contributed by atoms with E-state index in [9.17, 15) is 15.0 Å². The van der Waals surface area contributed by atoms with Crippen molar-refractivity contribution >= 4 is 28.5 Å². The van der Waals surface area contributed by atoms with E-state index in [2.05, 4.69) is 30.6 Å². The summed E-state index contributed by atoms with van der Waals surface area (Å²) in [5.74, 6) is 2.40. The number of aliphatic hydroxyl groups excluding tert-OH is 2. The van der Waals surface area contributed by atoms with E-state index in [1.54, 1.807) is 36.3 Å². The second-order valence-electron chi connectivity index (χ2n) is 8.64. The number of imidazole rings is 1. The number of para-hydroxylation sites is 1. The molecular formula is C23H24N8O6. The van der Waals surface area contributed by atoms with Gasteiger partial charge in [0.1, 0.15) is 36.7 Å². The minimum atomic E-state index is -0.762. The first-order chi connectivity index (χ1) is 18.0. The normalized spacial score (nSPS) is 20.1. The summed E-state index contributed by atoms with van der Waals surface area (Å²) < 4.78 is 20.7. The van der Waals surface area contributed by atoms with Gasteiger partial charge in [0, 0.05) is 13.5 Å². The maximum atomic E-state index is 11.9. The van der Waals surface area contributed by atoms with Crippen molar-refractivity contribution in [2.75, 3.05) is 30.4 Å². The average molecular weight is 508 g/mol. The van der Waals surface area contributed by atoms with Crippen LogP contribution < -0.4 is 25.8 Å². The molecule has 0 aliphatic carbocycles. The molecular weight excluding hydrogens is 484 g/mol. The molecule has 2 aliphatic rings. The first-order valence-corrected chi connectivity index (χ1v) is 11.7. The van der Waals surface area contributed by atoms with Crippen LogP contribution in [0.1, 0.15) is 12.6 Å². The molecule has 192 valence electrons. The van der Waals surface area contributed by atoms with Gasteiger partial charge in [-0.05, 0) is 12.1 Å². The fourth-order valence-corrected chi connectivity index (χ4v) is 4.34. The fourth-order valence-electron chi connectivity index (χ4n) is 4.34. The first-order valence-electron chi connectivity index (χ1n) is 11.7. The molecule has 2 aliphatic heterocycles. The number of hydrogen-bond acceptors (Lipinski definition) is 12. The Morgan fingerprint density at radius 2 is 2.16 bits per heavy atom. The van der Waals surface area contributed by atoms with Gasteiger partial charge in [-0.15, -0.1) is 0 Å². The van der Waals surface area contributed by atoms with Crippen molar-refractivity contribution in [1.82, 2.24) is 29.1 Å². The minimum Gasteiger partial charge on any atom is -0.489 e. The highest BCUT2D eigenvalue weighted by molar-refractivity contribution is 5.82. The molecule has 0 amide bonds. The third kappa shape index (κ3) is 4.20. The lowest BCUT2D eigenvalue weighted by molar-refractivity contribution is -0.0432. The minimum absolute atomic E-state index is 0.264. The Morgan fingerprint density at radius 3 is 3.00 bits per heavy atom. The van der Waals surface area contributed by atoms with Gasteiger partial charge in [0.05, 0.1) is 31.8 Å². The lowest BCUT2D eigenvalue weighted by Gasteiger charge is -2.23. The molecule has 5 heterocycles. The number of nitrogens with zero attached hydrogens (tertiary/aromatic N) is 6. The molecule has 1 aromatic carbocycles. The van der Waals surface area contributed by atoms with Gasteiger partial charge in [0.2, 0.25) is 0 Å². The number of rotatable bonds is 7. The van der Waals surface area contributed by atoms with Gasteiger partial charge in [0.15, 0.2) is 34.3 Å². The van der Waals surface area contributed by atoms with Crippen LogP contribution in [0.5, 0.6) is 17.2 Å². The largest absolute Gasteiger partial charge is 0.489 e. The summed E-state index contributed by atoms with van der Waals surface area (Å²) in [5, 5.41) is 25.8. The van der Waals surface area contributed by atoms with Crippen LogP contribution in [0.4, 0.5) is 17.3 Å². The van der Waals surface area contributed by atoms with Crippen molar-refractivity contribution in [2.24, 2.45) is 7.05 Å². The van der Waals surface area contributed by atoms with E-state index < -0.39 is 24.1 Å². The van der Waals surface area contributed by atoms with E-state index in [0.29, 0.717) is 58.7 Å². The van der Waals surface area contributed by atoms with Gasteiger partial charge in [-0.1, -0.05) is 6.07 Å². The van der Waals surface area contributed by atoms with Gasteiger partial charge in [-0.3, -0.25) is 9.13 Å². The second-order valence-corrected chi connectivity index (χ2v) is 8.64. The molecule has 0 saturated carbocycles. The van der Waals surface area contributed by atoms with Gasteiger partial charge < -0.3 is 35.1 Å². The Bertz CT molecular complexity index is 1520. The molecule has 4 N–H and O–H groups in total. The van der Waals surface area contributed by atoms with Gasteiger partial charge in [-0.2, -0.15) is 4.98 Å². The van der Waals surface area contributed by atoms with Crippen molar-refractivity contribution in [3.8, 4) is 17.2 Å². The summed E-state index contributed by atoms with van der Waals surface area (Å²) in [6.07, 6.45) is 3.02. The highest BCUT2D eigenvalue weighted by Crippen LogP contribution is 2.44. The van der Waals surface area contributed by atoms with Crippen LogP contribution in [0, 0.1) is 0 Å². The molecule has 37 heavy (non-hydrogen) atoms. The lowest BCUT2D eigenvalue weighted by atomic mass is 10.2. The lowest BCUT2D eigenvalue weighted by Crippen LogP contribution is -2.24. The van der Waals surface area contributed by atoms with Crippen LogP contribution in [0.15, 0.2) is 41.8 Å². The Hall–Kier alpha value is -4.27. The molecule has 6 rings (SSSR count). The van der Waals surface area contributed by atoms with Crippen LogP contribution in [0.25, 0.3) is 11.2 Å². The molecule has 4 aromatic rings. The third-order valence-electron chi connectivity index (χ3n) is 6.21. The van der Waals surface area contributed by atoms with Crippen molar-refractivity contribution < 1.29 is 24.4 Å². The van der Waals surface area contributed by atoms with E-state index in [0.717, 1.165) is 0 Å². The number of aromatic nitrogens is 6. The summed E-state index contributed by atoms with van der Waals surface area (Å²) in [6, 6.07) is 5.40. The summed E-state index contributed by atoms with van der Waals surface area (Å²) in [5.41, 5.74) is 1.27. The predicted molar refractivity (Wildman–Crippen MR) is 130 cm³/mol. The maximum absolute atomic E-state index is 11.9. The molecule has 1 saturated heterocycles. The Kier molecular flexibility index (Phi) is 5.82. The number of nitrogens with one attached hydrogen (secondary N) is 2. The molecule has 1 fully saturated rings. The molecule has 0 bridgehead atoms. The SMILES string of the molecule is Cn1cc2c(nc1=O)Nc1c(OCCNc3ncnc4c3ncn4C3CC(O)C(CO)O3)cccc1O2. The van der Waals surface area contributed by atoms with Gasteiger partial charge >= 0.3 is 5.69 Å². The number of ether oxygens (including phenoxy) is 3. The molecule has 3 atom stereocenters. The van der Waals surface area contributed by atoms with E-state index >= 15 is 0 Å². The molecule has 0 radical (unpaired) electrons. The van der Waals surface area contributed by atoms with Gasteiger partial charge in [0.25, 0.3) is 0 Å². The van der Waals surface area contributed by atoms with Crippen LogP contribution in [-0.4, -0.2) is 71.2 Å². The van der Waals surface area contributed by atoms with Crippen molar-refractivity contribution in [2.45, 2.75) is 24.9 Å². The quantitative estimate of drug-likeness (QED) is 0.229.